The number of nitro groups is 1. The number of amides is 2. The lowest BCUT2D eigenvalue weighted by atomic mass is 9.47. The number of hydrogen-bond acceptors (Lipinski definition) is 5. The maximum Gasteiger partial charge on any atom is 0.269 e. The Balaban J connectivity index is 1.42. The van der Waals surface area contributed by atoms with Gasteiger partial charge in [-0.2, -0.15) is 0 Å². The van der Waals surface area contributed by atoms with Crippen molar-refractivity contribution < 1.29 is 19.2 Å². The van der Waals surface area contributed by atoms with Gasteiger partial charge in [-0.05, 0) is 68.4 Å². The van der Waals surface area contributed by atoms with Crippen LogP contribution in [0, 0.1) is 33.3 Å². The van der Waals surface area contributed by atoms with Crippen molar-refractivity contribution in [3.8, 4) is 0 Å². The van der Waals surface area contributed by atoms with Crippen LogP contribution in [0.2, 0.25) is 0 Å². The molecule has 1 aliphatic heterocycles. The summed E-state index contributed by atoms with van der Waals surface area (Å²) in [5.74, 6) is 1.63. The lowest BCUT2D eigenvalue weighted by Crippen LogP contribution is -2.63. The Morgan fingerprint density at radius 2 is 1.58 bits per heavy atom. The van der Waals surface area contributed by atoms with Gasteiger partial charge in [-0.1, -0.05) is 0 Å². The Labute approximate surface area is 181 Å². The first-order valence-corrected chi connectivity index (χ1v) is 11.4. The lowest BCUT2D eigenvalue weighted by Gasteiger charge is -2.59. The molecule has 0 spiro atoms. The molecule has 1 aromatic carbocycles. The SMILES string of the molecule is O=C(N[C@H](C(=O)N1CCOCC1)C12CC3CC(CC(C3)C1)C2)c1ccc([N+](=O)[O-])cc1. The summed E-state index contributed by atoms with van der Waals surface area (Å²) >= 11 is 0. The highest BCUT2D eigenvalue weighted by atomic mass is 16.6. The summed E-state index contributed by atoms with van der Waals surface area (Å²) in [4.78, 5) is 39.1. The van der Waals surface area contributed by atoms with Crippen LogP contribution >= 0.6 is 0 Å². The summed E-state index contributed by atoms with van der Waals surface area (Å²) < 4.78 is 5.42. The quantitative estimate of drug-likeness (QED) is 0.575. The zero-order chi connectivity index (χ0) is 21.6. The summed E-state index contributed by atoms with van der Waals surface area (Å²) in [7, 11) is 0. The van der Waals surface area contributed by atoms with Crippen LogP contribution in [-0.2, 0) is 9.53 Å². The highest BCUT2D eigenvalue weighted by Crippen LogP contribution is 2.61. The van der Waals surface area contributed by atoms with Gasteiger partial charge in [0.2, 0.25) is 5.91 Å². The van der Waals surface area contributed by atoms with E-state index in [0.29, 0.717) is 49.6 Å². The van der Waals surface area contributed by atoms with Gasteiger partial charge < -0.3 is 15.0 Å². The van der Waals surface area contributed by atoms with Gasteiger partial charge in [0.25, 0.3) is 11.6 Å². The fourth-order valence-electron chi connectivity index (χ4n) is 6.92. The molecule has 0 unspecified atom stereocenters. The molecule has 4 aliphatic carbocycles. The fourth-order valence-corrected chi connectivity index (χ4v) is 6.92. The zero-order valence-corrected chi connectivity index (χ0v) is 17.6. The van der Waals surface area contributed by atoms with Gasteiger partial charge in [0, 0.05) is 36.2 Å². The zero-order valence-electron chi connectivity index (χ0n) is 17.6. The first-order valence-electron chi connectivity index (χ1n) is 11.4. The van der Waals surface area contributed by atoms with E-state index in [1.54, 1.807) is 0 Å². The Morgan fingerprint density at radius 3 is 2.10 bits per heavy atom. The number of carbonyl (C=O) groups excluding carboxylic acids is 2. The number of nitrogens with one attached hydrogen (secondary N) is 1. The molecule has 2 amide bonds. The summed E-state index contributed by atoms with van der Waals surface area (Å²) in [5.41, 5.74) is 0.106. The minimum absolute atomic E-state index is 0.000474. The number of hydrogen-bond donors (Lipinski definition) is 1. The first kappa shape index (κ1) is 20.4. The molecule has 0 aromatic heterocycles. The number of morpholine rings is 1. The highest BCUT2D eigenvalue weighted by molar-refractivity contribution is 5.98. The molecule has 0 radical (unpaired) electrons. The van der Waals surface area contributed by atoms with E-state index < -0.39 is 11.0 Å². The van der Waals surface area contributed by atoms with Gasteiger partial charge in [0.1, 0.15) is 6.04 Å². The molecule has 1 heterocycles. The van der Waals surface area contributed by atoms with Crippen LogP contribution in [0.25, 0.3) is 0 Å². The van der Waals surface area contributed by atoms with Crippen molar-refractivity contribution in [2.45, 2.75) is 44.6 Å². The second-order valence-corrected chi connectivity index (χ2v) is 9.93. The average Bonchev–Trinajstić information content (AvgIpc) is 2.76. The fraction of sp³-hybridized carbons (Fsp3) is 0.652. The normalized spacial score (nSPS) is 32.5. The van der Waals surface area contributed by atoms with E-state index in [-0.39, 0.29) is 22.9 Å². The van der Waals surface area contributed by atoms with E-state index in [0.717, 1.165) is 19.3 Å². The van der Waals surface area contributed by atoms with E-state index in [2.05, 4.69) is 5.32 Å². The van der Waals surface area contributed by atoms with E-state index in [1.165, 1.54) is 43.5 Å². The van der Waals surface area contributed by atoms with Crippen molar-refractivity contribution in [3.63, 3.8) is 0 Å². The Hall–Kier alpha value is -2.48. The molecule has 1 aromatic rings. The van der Waals surface area contributed by atoms with Gasteiger partial charge in [-0.15, -0.1) is 0 Å². The Kier molecular flexibility index (Phi) is 5.20. The molecule has 4 saturated carbocycles. The van der Waals surface area contributed by atoms with Crippen molar-refractivity contribution >= 4 is 17.5 Å². The predicted molar refractivity (Wildman–Crippen MR) is 112 cm³/mol. The van der Waals surface area contributed by atoms with E-state index in [9.17, 15) is 19.7 Å². The molecule has 4 bridgehead atoms. The van der Waals surface area contributed by atoms with Crippen molar-refractivity contribution in [2.24, 2.45) is 23.2 Å². The number of nitrogens with zero attached hydrogens (tertiary/aromatic N) is 2. The van der Waals surface area contributed by atoms with Crippen molar-refractivity contribution in [2.75, 3.05) is 26.3 Å². The molecule has 31 heavy (non-hydrogen) atoms. The Bertz CT molecular complexity index is 842. The maximum absolute atomic E-state index is 13.7. The van der Waals surface area contributed by atoms with Crippen LogP contribution in [-0.4, -0.2) is 54.0 Å². The molecule has 8 heteroatoms. The third-order valence-corrected chi connectivity index (χ3v) is 7.88. The minimum Gasteiger partial charge on any atom is -0.378 e. The van der Waals surface area contributed by atoms with E-state index in [1.807, 2.05) is 4.90 Å². The standard InChI is InChI=1S/C23H29N3O5/c27-21(18-1-3-19(4-2-18)26(29)30)24-20(22(28)25-5-7-31-8-6-25)23-12-15-9-16(13-23)11-17(10-15)14-23/h1-4,15-17,20H,5-14H2,(H,24,27)/t15?,16?,17?,20-,23?/m1/s1. The lowest BCUT2D eigenvalue weighted by molar-refractivity contribution is -0.384. The molecule has 6 rings (SSSR count). The number of ether oxygens (including phenoxy) is 1. The summed E-state index contributed by atoms with van der Waals surface area (Å²) in [6.07, 6.45) is 6.77. The molecular weight excluding hydrogens is 398 g/mol. The van der Waals surface area contributed by atoms with Gasteiger partial charge in [0.15, 0.2) is 0 Å². The first-order chi connectivity index (χ1) is 14.9. The largest absolute Gasteiger partial charge is 0.378 e. The van der Waals surface area contributed by atoms with Crippen LogP contribution in [0.5, 0.6) is 0 Å². The van der Waals surface area contributed by atoms with Crippen LogP contribution in [0.1, 0.15) is 48.9 Å². The second-order valence-electron chi connectivity index (χ2n) is 9.93. The highest BCUT2D eigenvalue weighted by Gasteiger charge is 2.57. The molecule has 1 N–H and O–H groups in total. The minimum atomic E-state index is -0.554. The van der Waals surface area contributed by atoms with Gasteiger partial charge in [-0.25, -0.2) is 0 Å². The summed E-state index contributed by atoms with van der Waals surface area (Å²) in [6.45, 7) is 2.15. The van der Waals surface area contributed by atoms with Crippen LogP contribution < -0.4 is 5.32 Å². The smallest absolute Gasteiger partial charge is 0.269 e. The van der Waals surface area contributed by atoms with Gasteiger partial charge in [0.05, 0.1) is 18.1 Å². The molecule has 166 valence electrons. The van der Waals surface area contributed by atoms with Crippen LogP contribution in [0.15, 0.2) is 24.3 Å². The number of rotatable bonds is 5. The summed E-state index contributed by atoms with van der Waals surface area (Å²) in [6, 6.07) is 5.03. The van der Waals surface area contributed by atoms with Crippen molar-refractivity contribution in [3.05, 3.63) is 39.9 Å². The average molecular weight is 428 g/mol. The number of nitro benzene ring substituents is 1. The second kappa shape index (κ2) is 7.89. The predicted octanol–water partition coefficient (Wildman–Crippen LogP) is 2.77. The molecule has 5 aliphatic rings. The number of carbonyl (C=O) groups is 2. The van der Waals surface area contributed by atoms with Crippen molar-refractivity contribution in [1.82, 2.24) is 10.2 Å². The third-order valence-electron chi connectivity index (χ3n) is 7.88. The van der Waals surface area contributed by atoms with E-state index in [4.69, 9.17) is 4.74 Å². The summed E-state index contributed by atoms with van der Waals surface area (Å²) in [5, 5.41) is 14.0. The molecule has 8 nitrogen and oxygen atoms in total. The Morgan fingerprint density at radius 1 is 1.03 bits per heavy atom. The van der Waals surface area contributed by atoms with Crippen molar-refractivity contribution in [1.29, 1.82) is 0 Å². The molecule has 1 atom stereocenters. The monoisotopic (exact) mass is 427 g/mol. The topological polar surface area (TPSA) is 102 Å². The van der Waals surface area contributed by atoms with Crippen LogP contribution in [0.4, 0.5) is 5.69 Å². The third kappa shape index (κ3) is 3.82. The number of benzene rings is 1. The number of non-ortho nitro benzene ring substituents is 1. The van der Waals surface area contributed by atoms with Gasteiger partial charge >= 0.3 is 0 Å². The van der Waals surface area contributed by atoms with Crippen LogP contribution in [0.3, 0.4) is 0 Å². The molecule has 1 saturated heterocycles. The molecule has 5 fully saturated rings. The molecular formula is C23H29N3O5. The maximum atomic E-state index is 13.7. The van der Waals surface area contributed by atoms with E-state index >= 15 is 0 Å². The van der Waals surface area contributed by atoms with Gasteiger partial charge in [-0.3, -0.25) is 19.7 Å².